The van der Waals surface area contributed by atoms with Crippen molar-refractivity contribution in [3.63, 3.8) is 0 Å². The zero-order valence-corrected chi connectivity index (χ0v) is 19.9. The lowest BCUT2D eigenvalue weighted by Gasteiger charge is -2.28. The first-order valence-electron chi connectivity index (χ1n) is 11.2. The smallest absolute Gasteiger partial charge is 0.174 e. The van der Waals surface area contributed by atoms with Crippen LogP contribution in [-0.2, 0) is 6.54 Å². The summed E-state index contributed by atoms with van der Waals surface area (Å²) < 4.78 is 2.36. The van der Waals surface area contributed by atoms with Gasteiger partial charge in [0.25, 0.3) is 0 Å². The second kappa shape index (κ2) is 8.79. The summed E-state index contributed by atoms with van der Waals surface area (Å²) in [7, 11) is 0. The molecule has 166 valence electrons. The van der Waals surface area contributed by atoms with Gasteiger partial charge in [-0.25, -0.2) is 0 Å². The number of hydrogen-bond acceptors (Lipinski definition) is 3. The molecule has 1 aromatic carbocycles. The molecule has 1 N–H and O–H groups in total. The largest absolute Gasteiger partial charge is 0.351 e. The molecule has 2 unspecified atom stereocenters. The number of rotatable bonds is 5. The van der Waals surface area contributed by atoms with Crippen LogP contribution in [0.3, 0.4) is 0 Å². The Balaban J connectivity index is 1.63. The van der Waals surface area contributed by atoms with E-state index in [4.69, 9.17) is 12.2 Å². The molecular weight excluding hydrogens is 426 g/mol. The minimum absolute atomic E-state index is 0.0111. The highest BCUT2D eigenvalue weighted by atomic mass is 32.1. The maximum atomic E-state index is 5.88. The fourth-order valence-electron chi connectivity index (χ4n) is 4.77. The summed E-state index contributed by atoms with van der Waals surface area (Å²) in [5.74, 6) is 0. The van der Waals surface area contributed by atoms with E-state index in [1.54, 1.807) is 0 Å². The minimum Gasteiger partial charge on any atom is -0.351 e. The first kappa shape index (κ1) is 21.3. The van der Waals surface area contributed by atoms with Gasteiger partial charge in [0, 0.05) is 42.2 Å². The Morgan fingerprint density at radius 1 is 0.970 bits per heavy atom. The third-order valence-electron chi connectivity index (χ3n) is 6.37. The van der Waals surface area contributed by atoms with Crippen LogP contribution >= 0.6 is 12.2 Å². The number of aryl methyl sites for hydroxylation is 2. The average Bonchev–Trinajstić information content (AvgIpc) is 3.31. The van der Waals surface area contributed by atoms with E-state index in [0.717, 1.165) is 23.0 Å². The number of thiocarbonyl (C=S) groups is 1. The lowest BCUT2D eigenvalue weighted by atomic mass is 9.96. The van der Waals surface area contributed by atoms with Crippen molar-refractivity contribution in [2.75, 3.05) is 4.90 Å². The molecule has 0 radical (unpaired) electrons. The van der Waals surface area contributed by atoms with Crippen LogP contribution < -0.4 is 10.2 Å². The first-order valence-corrected chi connectivity index (χ1v) is 11.6. The lowest BCUT2D eigenvalue weighted by molar-refractivity contribution is 0.563. The Labute approximate surface area is 200 Å². The van der Waals surface area contributed by atoms with Crippen LogP contribution in [0.1, 0.15) is 45.9 Å². The summed E-state index contributed by atoms with van der Waals surface area (Å²) >= 11 is 5.88. The summed E-state index contributed by atoms with van der Waals surface area (Å²) in [6.07, 6.45) is 5.59. The Morgan fingerprint density at radius 2 is 1.85 bits per heavy atom. The highest BCUT2D eigenvalue weighted by Gasteiger charge is 2.42. The summed E-state index contributed by atoms with van der Waals surface area (Å²) in [4.78, 5) is 11.2. The van der Waals surface area contributed by atoms with Crippen LogP contribution in [0.15, 0.2) is 79.3 Å². The minimum atomic E-state index is -0.0495. The van der Waals surface area contributed by atoms with Crippen molar-refractivity contribution in [3.05, 3.63) is 113 Å². The quantitative estimate of drug-likeness (QED) is 0.408. The highest BCUT2D eigenvalue weighted by molar-refractivity contribution is 7.80. The summed E-state index contributed by atoms with van der Waals surface area (Å²) in [5.41, 5.74) is 8.16. The molecule has 0 saturated carbocycles. The molecule has 5 nitrogen and oxygen atoms in total. The molecule has 0 amide bonds. The van der Waals surface area contributed by atoms with E-state index in [1.165, 1.54) is 28.1 Å². The van der Waals surface area contributed by atoms with Gasteiger partial charge in [-0.2, -0.15) is 0 Å². The van der Waals surface area contributed by atoms with Gasteiger partial charge in [-0.3, -0.25) is 9.97 Å². The van der Waals surface area contributed by atoms with E-state index in [2.05, 4.69) is 88.0 Å². The van der Waals surface area contributed by atoms with Crippen molar-refractivity contribution in [2.24, 2.45) is 0 Å². The van der Waals surface area contributed by atoms with E-state index in [9.17, 15) is 0 Å². The molecule has 0 spiro atoms. The van der Waals surface area contributed by atoms with Crippen LogP contribution in [0, 0.1) is 20.8 Å². The lowest BCUT2D eigenvalue weighted by Crippen LogP contribution is -2.29. The van der Waals surface area contributed by atoms with Gasteiger partial charge in [-0.1, -0.05) is 24.3 Å². The van der Waals surface area contributed by atoms with Crippen molar-refractivity contribution in [3.8, 4) is 0 Å². The van der Waals surface area contributed by atoms with Gasteiger partial charge in [-0.15, -0.1) is 0 Å². The molecule has 5 rings (SSSR count). The van der Waals surface area contributed by atoms with Gasteiger partial charge in [0.15, 0.2) is 5.11 Å². The molecular formula is C27H27N5S. The van der Waals surface area contributed by atoms with Gasteiger partial charge >= 0.3 is 0 Å². The predicted octanol–water partition coefficient (Wildman–Crippen LogP) is 5.43. The topological polar surface area (TPSA) is 46.0 Å². The van der Waals surface area contributed by atoms with Gasteiger partial charge in [-0.05, 0) is 86.1 Å². The Kier molecular flexibility index (Phi) is 5.68. The fourth-order valence-corrected chi connectivity index (χ4v) is 5.12. The van der Waals surface area contributed by atoms with Crippen molar-refractivity contribution >= 4 is 23.0 Å². The number of nitrogens with zero attached hydrogens (tertiary/aromatic N) is 4. The van der Waals surface area contributed by atoms with Crippen LogP contribution in [0.4, 0.5) is 5.69 Å². The van der Waals surface area contributed by atoms with E-state index in [0.29, 0.717) is 0 Å². The van der Waals surface area contributed by atoms with Gasteiger partial charge < -0.3 is 14.8 Å². The van der Waals surface area contributed by atoms with Crippen molar-refractivity contribution in [2.45, 2.75) is 39.4 Å². The van der Waals surface area contributed by atoms with E-state index in [-0.39, 0.29) is 12.1 Å². The summed E-state index contributed by atoms with van der Waals surface area (Å²) in [6.45, 7) is 7.26. The molecule has 4 aromatic rings. The third kappa shape index (κ3) is 4.02. The maximum Gasteiger partial charge on any atom is 0.174 e. The predicted molar refractivity (Wildman–Crippen MR) is 136 cm³/mol. The fraction of sp³-hybridized carbons (Fsp3) is 0.222. The number of nitrogens with one attached hydrogen (secondary N) is 1. The average molecular weight is 454 g/mol. The van der Waals surface area contributed by atoms with Crippen LogP contribution in [0.2, 0.25) is 0 Å². The number of hydrogen-bond donors (Lipinski definition) is 1. The molecule has 6 heteroatoms. The first-order chi connectivity index (χ1) is 16.0. The molecule has 2 atom stereocenters. The maximum absolute atomic E-state index is 5.88. The monoisotopic (exact) mass is 453 g/mol. The normalized spacial score (nSPS) is 17.9. The van der Waals surface area contributed by atoms with E-state index < -0.39 is 0 Å². The zero-order valence-electron chi connectivity index (χ0n) is 19.1. The van der Waals surface area contributed by atoms with Crippen molar-refractivity contribution in [1.29, 1.82) is 0 Å². The Morgan fingerprint density at radius 3 is 2.58 bits per heavy atom. The molecule has 1 aliphatic rings. The van der Waals surface area contributed by atoms with Crippen LogP contribution in [0.5, 0.6) is 0 Å². The molecule has 33 heavy (non-hydrogen) atoms. The Hall–Kier alpha value is -3.51. The van der Waals surface area contributed by atoms with Gasteiger partial charge in [0.2, 0.25) is 0 Å². The van der Waals surface area contributed by atoms with E-state index >= 15 is 0 Å². The van der Waals surface area contributed by atoms with Crippen LogP contribution in [-0.4, -0.2) is 19.6 Å². The summed E-state index contributed by atoms with van der Waals surface area (Å²) in [6, 6.07) is 20.9. The Bertz CT molecular complexity index is 1280. The second-order valence-electron chi connectivity index (χ2n) is 8.61. The van der Waals surface area contributed by atoms with Crippen LogP contribution in [0.25, 0.3) is 0 Å². The molecule has 3 aromatic heterocycles. The van der Waals surface area contributed by atoms with Gasteiger partial charge in [0.1, 0.15) is 0 Å². The zero-order chi connectivity index (χ0) is 22.9. The number of pyridine rings is 2. The molecule has 0 bridgehead atoms. The number of benzene rings is 1. The highest BCUT2D eigenvalue weighted by Crippen LogP contribution is 2.43. The molecule has 1 aliphatic heterocycles. The molecule has 1 fully saturated rings. The van der Waals surface area contributed by atoms with Crippen molar-refractivity contribution < 1.29 is 0 Å². The van der Waals surface area contributed by atoms with E-state index in [1.807, 2.05) is 36.8 Å². The third-order valence-corrected chi connectivity index (χ3v) is 6.69. The SMILES string of the molecule is Cc1cccc(N2C(=S)NC(c3ccccn3)C2c2cc(C)n(Cc3cccnc3)c2C)c1. The molecule has 0 aliphatic carbocycles. The molecule has 1 saturated heterocycles. The van der Waals surface area contributed by atoms with Crippen molar-refractivity contribution in [1.82, 2.24) is 19.9 Å². The summed E-state index contributed by atoms with van der Waals surface area (Å²) in [5, 5.41) is 4.29. The standard InChI is InChI=1S/C27H27N5S/c1-18-8-6-10-22(14-18)32-26(25(30-27(32)33)24-11-4-5-13-29-24)23-15-19(2)31(20(23)3)17-21-9-7-12-28-16-21/h4-16,25-26H,17H2,1-3H3,(H,30,33). The number of anilines is 1. The van der Waals surface area contributed by atoms with Gasteiger partial charge in [0.05, 0.1) is 17.8 Å². The second-order valence-corrected chi connectivity index (χ2v) is 9.00. The molecule has 4 heterocycles. The number of aromatic nitrogens is 3.